The molecule has 0 aromatic carbocycles. The summed E-state index contributed by atoms with van der Waals surface area (Å²) in [6, 6.07) is 0.494. The van der Waals surface area contributed by atoms with Crippen molar-refractivity contribution in [3.8, 4) is 0 Å². The third-order valence-electron chi connectivity index (χ3n) is 2.86. The van der Waals surface area contributed by atoms with E-state index in [0.29, 0.717) is 18.6 Å². The Morgan fingerprint density at radius 2 is 2.33 bits per heavy atom. The molecule has 4 heteroatoms. The highest BCUT2D eigenvalue weighted by Crippen LogP contribution is 2.14. The number of hydrogen-bond donors (Lipinski definition) is 2. The average molecular weight is 213 g/mol. The molecule has 1 atom stereocenters. The third-order valence-corrected chi connectivity index (χ3v) is 2.86. The van der Waals surface area contributed by atoms with E-state index in [9.17, 15) is 0 Å². The van der Waals surface area contributed by atoms with Crippen LogP contribution in [0.5, 0.6) is 0 Å². The maximum Gasteiger partial charge on any atom is 0.0918 e. The molecule has 0 aliphatic carbocycles. The first-order valence-corrected chi connectivity index (χ1v) is 5.78. The van der Waals surface area contributed by atoms with Crippen LogP contribution >= 0.6 is 0 Å². The van der Waals surface area contributed by atoms with Gasteiger partial charge in [-0.05, 0) is 26.7 Å². The van der Waals surface area contributed by atoms with E-state index in [1.165, 1.54) is 12.8 Å². The minimum atomic E-state index is 0.271. The number of ether oxygens (including phenoxy) is 1. The second-order valence-electron chi connectivity index (χ2n) is 4.50. The zero-order valence-electron chi connectivity index (χ0n) is 9.83. The van der Waals surface area contributed by atoms with Crippen molar-refractivity contribution < 1.29 is 4.74 Å². The highest BCUT2D eigenvalue weighted by molar-refractivity contribution is 5.76. The van der Waals surface area contributed by atoms with E-state index in [2.05, 4.69) is 18.7 Å². The second kappa shape index (κ2) is 6.08. The van der Waals surface area contributed by atoms with Crippen LogP contribution in [0, 0.1) is 5.41 Å². The molecule has 0 saturated carbocycles. The summed E-state index contributed by atoms with van der Waals surface area (Å²) in [5.74, 6) is 0.271. The Morgan fingerprint density at radius 1 is 1.60 bits per heavy atom. The van der Waals surface area contributed by atoms with E-state index in [1.54, 1.807) is 0 Å². The lowest BCUT2D eigenvalue weighted by Gasteiger charge is -2.28. The normalized spacial score (nSPS) is 21.5. The van der Waals surface area contributed by atoms with Crippen LogP contribution in [-0.2, 0) is 4.74 Å². The van der Waals surface area contributed by atoms with Crippen LogP contribution in [0.3, 0.4) is 0 Å². The maximum atomic E-state index is 7.23. The molecule has 1 aliphatic rings. The second-order valence-corrected chi connectivity index (χ2v) is 4.50. The molecule has 0 aromatic rings. The smallest absolute Gasteiger partial charge is 0.0918 e. The topological polar surface area (TPSA) is 62.3 Å². The quantitative estimate of drug-likeness (QED) is 0.515. The van der Waals surface area contributed by atoms with Crippen LogP contribution in [0.25, 0.3) is 0 Å². The summed E-state index contributed by atoms with van der Waals surface area (Å²) in [6.45, 7) is 7.10. The minimum absolute atomic E-state index is 0.271. The van der Waals surface area contributed by atoms with Gasteiger partial charge < -0.3 is 10.5 Å². The van der Waals surface area contributed by atoms with Gasteiger partial charge >= 0.3 is 0 Å². The molecule has 15 heavy (non-hydrogen) atoms. The Kier molecular flexibility index (Phi) is 5.05. The lowest BCUT2D eigenvalue weighted by molar-refractivity contribution is 0.0636. The van der Waals surface area contributed by atoms with Crippen molar-refractivity contribution in [2.45, 2.75) is 45.3 Å². The summed E-state index contributed by atoms with van der Waals surface area (Å²) < 4.78 is 5.61. The van der Waals surface area contributed by atoms with Crippen LogP contribution in [0.4, 0.5) is 0 Å². The SMILES string of the molecule is CC(C)N(CCC(=N)N)CC1CCCO1. The van der Waals surface area contributed by atoms with Crippen LogP contribution in [0.2, 0.25) is 0 Å². The number of amidine groups is 1. The van der Waals surface area contributed by atoms with Gasteiger partial charge in [-0.15, -0.1) is 0 Å². The molecular formula is C11H23N3O. The van der Waals surface area contributed by atoms with Crippen molar-refractivity contribution in [1.29, 1.82) is 5.41 Å². The molecule has 0 aromatic heterocycles. The number of nitrogens with zero attached hydrogens (tertiary/aromatic N) is 1. The van der Waals surface area contributed by atoms with Crippen LogP contribution in [-0.4, -0.2) is 42.6 Å². The Bertz CT molecular complexity index is 200. The standard InChI is InChI=1S/C11H23N3O/c1-9(2)14(6-5-11(12)13)8-10-4-3-7-15-10/h9-10H,3-8H2,1-2H3,(H3,12,13). The summed E-state index contributed by atoms with van der Waals surface area (Å²) >= 11 is 0. The van der Waals surface area contributed by atoms with Crippen molar-refractivity contribution in [1.82, 2.24) is 4.90 Å². The number of rotatable bonds is 6. The third kappa shape index (κ3) is 4.62. The van der Waals surface area contributed by atoms with Crippen LogP contribution in [0.1, 0.15) is 33.1 Å². The Balaban J connectivity index is 2.32. The van der Waals surface area contributed by atoms with Gasteiger partial charge in [0, 0.05) is 32.2 Å². The summed E-state index contributed by atoms with van der Waals surface area (Å²) in [5.41, 5.74) is 5.37. The Morgan fingerprint density at radius 3 is 2.80 bits per heavy atom. The highest BCUT2D eigenvalue weighted by Gasteiger charge is 2.20. The number of hydrogen-bond acceptors (Lipinski definition) is 3. The van der Waals surface area contributed by atoms with Gasteiger partial charge in [0.15, 0.2) is 0 Å². The first kappa shape index (κ1) is 12.5. The van der Waals surface area contributed by atoms with Gasteiger partial charge in [-0.1, -0.05) is 0 Å². The van der Waals surface area contributed by atoms with Crippen molar-refractivity contribution in [3.05, 3.63) is 0 Å². The van der Waals surface area contributed by atoms with Crippen molar-refractivity contribution >= 4 is 5.84 Å². The van der Waals surface area contributed by atoms with Crippen molar-refractivity contribution in [2.75, 3.05) is 19.7 Å². The lowest BCUT2D eigenvalue weighted by Crippen LogP contribution is -2.39. The van der Waals surface area contributed by atoms with Crippen LogP contribution in [0.15, 0.2) is 0 Å². The molecule has 0 amide bonds. The summed E-state index contributed by atoms with van der Waals surface area (Å²) in [6.07, 6.45) is 3.40. The average Bonchev–Trinajstić information content (AvgIpc) is 2.63. The van der Waals surface area contributed by atoms with Gasteiger partial charge in [0.2, 0.25) is 0 Å². The maximum absolute atomic E-state index is 7.23. The van der Waals surface area contributed by atoms with Gasteiger partial charge in [0.25, 0.3) is 0 Å². The van der Waals surface area contributed by atoms with Gasteiger partial charge in [0.05, 0.1) is 11.9 Å². The summed E-state index contributed by atoms with van der Waals surface area (Å²) in [5, 5.41) is 7.23. The fraction of sp³-hybridized carbons (Fsp3) is 0.909. The first-order chi connectivity index (χ1) is 7.09. The summed E-state index contributed by atoms with van der Waals surface area (Å²) in [4.78, 5) is 2.34. The molecule has 88 valence electrons. The predicted molar refractivity (Wildman–Crippen MR) is 62.2 cm³/mol. The first-order valence-electron chi connectivity index (χ1n) is 5.78. The molecule has 1 heterocycles. The molecule has 4 nitrogen and oxygen atoms in total. The number of nitrogens with two attached hydrogens (primary N) is 1. The van der Waals surface area contributed by atoms with Gasteiger partial charge in [-0.3, -0.25) is 10.3 Å². The Labute approximate surface area is 92.3 Å². The molecular weight excluding hydrogens is 190 g/mol. The van der Waals surface area contributed by atoms with Gasteiger partial charge in [-0.2, -0.15) is 0 Å². The molecule has 1 aliphatic heterocycles. The zero-order valence-corrected chi connectivity index (χ0v) is 9.83. The summed E-state index contributed by atoms with van der Waals surface area (Å²) in [7, 11) is 0. The zero-order chi connectivity index (χ0) is 11.3. The fourth-order valence-corrected chi connectivity index (χ4v) is 1.87. The molecule has 1 fully saturated rings. The molecule has 1 saturated heterocycles. The fourth-order valence-electron chi connectivity index (χ4n) is 1.87. The molecule has 0 bridgehead atoms. The monoisotopic (exact) mass is 213 g/mol. The number of nitrogens with one attached hydrogen (secondary N) is 1. The highest BCUT2D eigenvalue weighted by atomic mass is 16.5. The van der Waals surface area contributed by atoms with Crippen LogP contribution < -0.4 is 5.73 Å². The molecule has 0 spiro atoms. The van der Waals surface area contributed by atoms with Crippen molar-refractivity contribution in [2.24, 2.45) is 5.73 Å². The van der Waals surface area contributed by atoms with E-state index < -0.39 is 0 Å². The van der Waals surface area contributed by atoms with E-state index in [0.717, 1.165) is 19.7 Å². The predicted octanol–water partition coefficient (Wildman–Crippen LogP) is 1.20. The molecule has 0 radical (unpaired) electrons. The molecule has 3 N–H and O–H groups in total. The van der Waals surface area contributed by atoms with E-state index in [4.69, 9.17) is 15.9 Å². The van der Waals surface area contributed by atoms with Crippen molar-refractivity contribution in [3.63, 3.8) is 0 Å². The molecule has 1 rings (SSSR count). The minimum Gasteiger partial charge on any atom is -0.388 e. The lowest BCUT2D eigenvalue weighted by atomic mass is 10.2. The van der Waals surface area contributed by atoms with Gasteiger partial charge in [0.1, 0.15) is 0 Å². The largest absolute Gasteiger partial charge is 0.388 e. The van der Waals surface area contributed by atoms with E-state index >= 15 is 0 Å². The molecule has 1 unspecified atom stereocenters. The van der Waals surface area contributed by atoms with E-state index in [-0.39, 0.29) is 5.84 Å². The van der Waals surface area contributed by atoms with Gasteiger partial charge in [-0.25, -0.2) is 0 Å². The van der Waals surface area contributed by atoms with E-state index in [1.807, 2.05) is 0 Å². The Hall–Kier alpha value is -0.610.